The van der Waals surface area contributed by atoms with Crippen LogP contribution in [0.5, 0.6) is 5.75 Å². The van der Waals surface area contributed by atoms with Gasteiger partial charge in [-0.3, -0.25) is 9.59 Å². The van der Waals surface area contributed by atoms with Crippen LogP contribution in [0.15, 0.2) is 76.8 Å². The highest BCUT2D eigenvalue weighted by Crippen LogP contribution is 2.27. The summed E-state index contributed by atoms with van der Waals surface area (Å²) < 4.78 is 10.8. The molecular weight excluding hydrogens is 526 g/mol. The van der Waals surface area contributed by atoms with Crippen LogP contribution >= 0.6 is 15.9 Å². The number of rotatable bonds is 8. The van der Waals surface area contributed by atoms with Crippen molar-refractivity contribution >= 4 is 51.2 Å². The van der Waals surface area contributed by atoms with E-state index in [2.05, 4.69) is 31.3 Å². The molecule has 36 heavy (non-hydrogen) atoms. The number of benzene rings is 3. The van der Waals surface area contributed by atoms with Crippen LogP contribution in [0.2, 0.25) is 0 Å². The number of anilines is 2. The topological polar surface area (TPSA) is 118 Å². The summed E-state index contributed by atoms with van der Waals surface area (Å²) in [5.74, 6) is -0.970. The normalized spacial score (nSPS) is 10.7. The zero-order chi connectivity index (χ0) is 26.1. The van der Waals surface area contributed by atoms with Gasteiger partial charge in [-0.1, -0.05) is 18.2 Å². The lowest BCUT2D eigenvalue weighted by Crippen LogP contribution is -2.20. The fourth-order valence-corrected chi connectivity index (χ4v) is 3.62. The van der Waals surface area contributed by atoms with Crippen molar-refractivity contribution in [3.05, 3.63) is 93.5 Å². The van der Waals surface area contributed by atoms with Crippen molar-refractivity contribution in [3.8, 4) is 11.8 Å². The van der Waals surface area contributed by atoms with Crippen LogP contribution in [0, 0.1) is 18.3 Å². The Bertz CT molecular complexity index is 1360. The zero-order valence-electron chi connectivity index (χ0n) is 19.5. The maximum absolute atomic E-state index is 12.5. The molecule has 0 atom stereocenters. The van der Waals surface area contributed by atoms with Crippen molar-refractivity contribution in [3.63, 3.8) is 0 Å². The van der Waals surface area contributed by atoms with Crippen LogP contribution < -0.4 is 15.4 Å². The van der Waals surface area contributed by atoms with Gasteiger partial charge in [0.05, 0.1) is 17.1 Å². The number of carbonyl (C=O) groups excluding carboxylic acids is 3. The molecule has 0 saturated heterocycles. The molecule has 3 aromatic rings. The predicted molar refractivity (Wildman–Crippen MR) is 139 cm³/mol. The average molecular weight is 548 g/mol. The van der Waals surface area contributed by atoms with Crippen molar-refractivity contribution in [2.45, 2.75) is 6.92 Å². The molecule has 3 rings (SSSR count). The van der Waals surface area contributed by atoms with Crippen molar-refractivity contribution in [2.24, 2.45) is 0 Å². The molecule has 0 saturated carbocycles. The molecule has 9 heteroatoms. The summed E-state index contributed by atoms with van der Waals surface area (Å²) in [6.07, 6.45) is 1.43. The van der Waals surface area contributed by atoms with Gasteiger partial charge in [-0.15, -0.1) is 0 Å². The standard InChI is InChI=1S/C27H22BrN3O5/c1-17-4-3-5-22(12-17)30-25(32)16-36-24-11-6-18(14-23(24)28)13-20(15-29)26(33)31-21-9-7-19(8-10-21)27(34)35-2/h3-14H,16H2,1-2H3,(H,30,32)(H,31,33)/b20-13+. The summed E-state index contributed by atoms with van der Waals surface area (Å²) in [4.78, 5) is 36.3. The quantitative estimate of drug-likeness (QED) is 0.230. The van der Waals surface area contributed by atoms with Gasteiger partial charge in [0.1, 0.15) is 17.4 Å². The SMILES string of the molecule is COC(=O)c1ccc(NC(=O)/C(C#N)=C/c2ccc(OCC(=O)Nc3cccc(C)c3)c(Br)c2)cc1. The van der Waals surface area contributed by atoms with E-state index in [4.69, 9.17) is 4.74 Å². The third kappa shape index (κ3) is 7.29. The monoisotopic (exact) mass is 547 g/mol. The minimum absolute atomic E-state index is 0.120. The van der Waals surface area contributed by atoms with Crippen LogP contribution in [0.25, 0.3) is 6.08 Å². The number of halogens is 1. The Morgan fingerprint density at radius 3 is 2.39 bits per heavy atom. The molecule has 0 aromatic heterocycles. The number of nitrogens with zero attached hydrogens (tertiary/aromatic N) is 1. The Morgan fingerprint density at radius 1 is 1.00 bits per heavy atom. The highest BCUT2D eigenvalue weighted by Gasteiger charge is 2.12. The Morgan fingerprint density at radius 2 is 1.75 bits per heavy atom. The van der Waals surface area contributed by atoms with Gasteiger partial charge < -0.3 is 20.1 Å². The van der Waals surface area contributed by atoms with Gasteiger partial charge in [0, 0.05) is 11.4 Å². The molecule has 0 aliphatic rings. The number of nitriles is 1. The molecule has 0 heterocycles. The van der Waals surface area contributed by atoms with Gasteiger partial charge in [-0.25, -0.2) is 4.79 Å². The summed E-state index contributed by atoms with van der Waals surface area (Å²) in [7, 11) is 1.28. The second kappa shape index (κ2) is 12.3. The zero-order valence-corrected chi connectivity index (χ0v) is 21.1. The lowest BCUT2D eigenvalue weighted by atomic mass is 10.1. The number of nitrogens with one attached hydrogen (secondary N) is 2. The maximum Gasteiger partial charge on any atom is 0.337 e. The van der Waals surface area contributed by atoms with Crippen molar-refractivity contribution in [1.82, 2.24) is 0 Å². The molecule has 0 aliphatic heterocycles. The molecule has 0 radical (unpaired) electrons. The number of hydrogen-bond acceptors (Lipinski definition) is 6. The number of ether oxygens (including phenoxy) is 2. The van der Waals surface area contributed by atoms with Crippen LogP contribution in [0.3, 0.4) is 0 Å². The van der Waals surface area contributed by atoms with Crippen LogP contribution in [0.1, 0.15) is 21.5 Å². The van der Waals surface area contributed by atoms with E-state index in [9.17, 15) is 19.6 Å². The third-order valence-electron chi connectivity index (χ3n) is 4.86. The van der Waals surface area contributed by atoms with E-state index in [1.54, 1.807) is 24.3 Å². The van der Waals surface area contributed by atoms with Crippen molar-refractivity contribution in [1.29, 1.82) is 5.26 Å². The van der Waals surface area contributed by atoms with Crippen LogP contribution in [-0.4, -0.2) is 31.5 Å². The lowest BCUT2D eigenvalue weighted by Gasteiger charge is -2.10. The van der Waals surface area contributed by atoms with Gasteiger partial charge >= 0.3 is 5.97 Å². The summed E-state index contributed by atoms with van der Waals surface area (Å²) in [6.45, 7) is 1.74. The van der Waals surface area contributed by atoms with Crippen molar-refractivity contribution < 1.29 is 23.9 Å². The van der Waals surface area contributed by atoms with Gasteiger partial charge in [0.25, 0.3) is 11.8 Å². The number of hydrogen-bond donors (Lipinski definition) is 2. The molecule has 2 amide bonds. The molecule has 0 spiro atoms. The van der Waals surface area contributed by atoms with E-state index < -0.39 is 11.9 Å². The van der Waals surface area contributed by atoms with E-state index in [-0.39, 0.29) is 18.1 Å². The van der Waals surface area contributed by atoms with Crippen LogP contribution in [-0.2, 0) is 14.3 Å². The number of carbonyl (C=O) groups is 3. The fourth-order valence-electron chi connectivity index (χ4n) is 3.11. The lowest BCUT2D eigenvalue weighted by molar-refractivity contribution is -0.118. The highest BCUT2D eigenvalue weighted by atomic mass is 79.9. The summed E-state index contributed by atoms with van der Waals surface area (Å²) in [6, 6.07) is 20.4. The molecule has 182 valence electrons. The first-order valence-electron chi connectivity index (χ1n) is 10.7. The van der Waals surface area contributed by atoms with E-state index in [0.717, 1.165) is 5.56 Å². The smallest absolute Gasteiger partial charge is 0.337 e. The second-order valence-electron chi connectivity index (χ2n) is 7.59. The summed E-state index contributed by atoms with van der Waals surface area (Å²) in [5.41, 5.74) is 2.93. The Hall–Kier alpha value is -4.42. The molecule has 0 unspecified atom stereocenters. The average Bonchev–Trinajstić information content (AvgIpc) is 2.86. The third-order valence-corrected chi connectivity index (χ3v) is 5.48. The Kier molecular flexibility index (Phi) is 8.97. The van der Waals surface area contributed by atoms with E-state index in [1.807, 2.05) is 31.2 Å². The minimum Gasteiger partial charge on any atom is -0.483 e. The Labute approximate surface area is 216 Å². The van der Waals surface area contributed by atoms with Gasteiger partial charge in [0.2, 0.25) is 0 Å². The largest absolute Gasteiger partial charge is 0.483 e. The number of aryl methyl sites for hydroxylation is 1. The predicted octanol–water partition coefficient (Wildman–Crippen LogP) is 5.11. The van der Waals surface area contributed by atoms with E-state index in [1.165, 1.54) is 37.5 Å². The van der Waals surface area contributed by atoms with Gasteiger partial charge in [0.15, 0.2) is 6.61 Å². The first-order chi connectivity index (χ1) is 17.3. The van der Waals surface area contributed by atoms with Gasteiger partial charge in [-0.05, 0) is 88.6 Å². The number of amides is 2. The first kappa shape index (κ1) is 26.2. The summed E-state index contributed by atoms with van der Waals surface area (Å²) in [5, 5.41) is 14.9. The molecule has 0 bridgehead atoms. The van der Waals surface area contributed by atoms with Gasteiger partial charge in [-0.2, -0.15) is 5.26 Å². The van der Waals surface area contributed by atoms with E-state index >= 15 is 0 Å². The molecule has 2 N–H and O–H groups in total. The number of methoxy groups -OCH3 is 1. The molecular formula is C27H22BrN3O5. The molecule has 0 aliphatic carbocycles. The molecule has 3 aromatic carbocycles. The summed E-state index contributed by atoms with van der Waals surface area (Å²) >= 11 is 3.39. The molecule has 0 fully saturated rings. The highest BCUT2D eigenvalue weighted by molar-refractivity contribution is 9.10. The van der Waals surface area contributed by atoms with E-state index in [0.29, 0.717) is 32.7 Å². The maximum atomic E-state index is 12.5. The van der Waals surface area contributed by atoms with Crippen molar-refractivity contribution in [2.75, 3.05) is 24.4 Å². The first-order valence-corrected chi connectivity index (χ1v) is 11.5. The van der Waals surface area contributed by atoms with Crippen LogP contribution in [0.4, 0.5) is 11.4 Å². The second-order valence-corrected chi connectivity index (χ2v) is 8.44. The molecule has 8 nitrogen and oxygen atoms in total. The fraction of sp³-hybridized carbons (Fsp3) is 0.111. The minimum atomic E-state index is -0.604. The Balaban J connectivity index is 1.62. The number of esters is 1.